The first-order chi connectivity index (χ1) is 14.9. The maximum absolute atomic E-state index is 12.6. The Kier molecular flexibility index (Phi) is 9.19. The van der Waals surface area contributed by atoms with Gasteiger partial charge in [-0.05, 0) is 54.1 Å². The number of fused-ring (bicyclic) bond motifs is 3. The van der Waals surface area contributed by atoms with E-state index in [9.17, 15) is 9.59 Å². The molecule has 172 valence electrons. The van der Waals surface area contributed by atoms with Gasteiger partial charge >= 0.3 is 5.97 Å². The zero-order chi connectivity index (χ0) is 22.4. The quantitative estimate of drug-likeness (QED) is 0.117. The van der Waals surface area contributed by atoms with Crippen molar-refractivity contribution in [1.82, 2.24) is 5.32 Å². The number of likely N-dealkylation sites (N-methyl/N-ethyl adjacent to an activating group) is 1. The highest BCUT2D eigenvalue weighted by atomic mass is 35.5. The van der Waals surface area contributed by atoms with Crippen LogP contribution in [0.4, 0.5) is 0 Å². The third-order valence-electron chi connectivity index (χ3n) is 5.46. The number of nitrogens with one attached hydrogen (secondary N) is 1. The van der Waals surface area contributed by atoms with E-state index in [2.05, 4.69) is 28.5 Å². The van der Waals surface area contributed by atoms with E-state index in [1.165, 1.54) is 18.2 Å². The number of nitrogens with two attached hydrogens (primary N) is 3. The SMILES string of the molecule is CNC(C(=O)OCc1cccc2c1Cc1ccccc1-2)C(=O)[C@@H](N)CCCN=C(N)N.Cl. The van der Waals surface area contributed by atoms with E-state index in [0.29, 0.717) is 19.4 Å². The molecule has 32 heavy (non-hydrogen) atoms. The average Bonchev–Trinajstić information content (AvgIpc) is 3.14. The number of ketones is 1. The second-order valence-corrected chi connectivity index (χ2v) is 7.56. The lowest BCUT2D eigenvalue weighted by Crippen LogP contribution is -2.50. The van der Waals surface area contributed by atoms with Crippen molar-refractivity contribution in [3.63, 3.8) is 0 Å². The predicted octanol–water partition coefficient (Wildman–Crippen LogP) is 1.26. The van der Waals surface area contributed by atoms with Gasteiger partial charge in [0.15, 0.2) is 17.8 Å². The Morgan fingerprint density at radius 2 is 1.84 bits per heavy atom. The minimum absolute atomic E-state index is 0. The van der Waals surface area contributed by atoms with Crippen molar-refractivity contribution >= 4 is 30.1 Å². The molecule has 0 aromatic heterocycles. The van der Waals surface area contributed by atoms with E-state index in [1.54, 1.807) is 0 Å². The molecule has 0 amide bonds. The lowest BCUT2D eigenvalue weighted by molar-refractivity contribution is -0.150. The van der Waals surface area contributed by atoms with Gasteiger partial charge in [0, 0.05) is 6.54 Å². The zero-order valence-electron chi connectivity index (χ0n) is 18.0. The Hall–Kier alpha value is -2.94. The molecule has 2 aromatic carbocycles. The smallest absolute Gasteiger partial charge is 0.331 e. The summed E-state index contributed by atoms with van der Waals surface area (Å²) < 4.78 is 5.50. The summed E-state index contributed by atoms with van der Waals surface area (Å²) >= 11 is 0. The molecule has 0 aliphatic heterocycles. The van der Waals surface area contributed by atoms with Gasteiger partial charge in [0.1, 0.15) is 6.61 Å². The minimum Gasteiger partial charge on any atom is -0.459 e. The number of halogens is 1. The molecule has 0 radical (unpaired) electrons. The Bertz CT molecular complexity index is 991. The van der Waals surface area contributed by atoms with Gasteiger partial charge in [-0.3, -0.25) is 9.79 Å². The number of guanidine groups is 1. The maximum atomic E-state index is 12.6. The largest absolute Gasteiger partial charge is 0.459 e. The molecule has 0 saturated heterocycles. The molecule has 9 heteroatoms. The van der Waals surface area contributed by atoms with Crippen LogP contribution in [0.3, 0.4) is 0 Å². The fourth-order valence-electron chi connectivity index (χ4n) is 3.84. The molecule has 1 aliphatic carbocycles. The summed E-state index contributed by atoms with van der Waals surface area (Å²) in [6.07, 6.45) is 1.70. The summed E-state index contributed by atoms with van der Waals surface area (Å²) in [7, 11) is 1.53. The summed E-state index contributed by atoms with van der Waals surface area (Å²) in [6, 6.07) is 12.3. The van der Waals surface area contributed by atoms with Gasteiger partial charge in [-0.2, -0.15) is 0 Å². The monoisotopic (exact) mass is 459 g/mol. The molecular formula is C23H30ClN5O3. The fourth-order valence-corrected chi connectivity index (χ4v) is 3.84. The van der Waals surface area contributed by atoms with Crippen molar-refractivity contribution in [2.45, 2.75) is 38.0 Å². The number of hydrogen-bond acceptors (Lipinski definition) is 6. The predicted molar refractivity (Wildman–Crippen MR) is 127 cm³/mol. The van der Waals surface area contributed by atoms with Crippen molar-refractivity contribution in [3.05, 3.63) is 59.2 Å². The van der Waals surface area contributed by atoms with Gasteiger partial charge < -0.3 is 27.3 Å². The van der Waals surface area contributed by atoms with E-state index in [1.807, 2.05) is 24.3 Å². The summed E-state index contributed by atoms with van der Waals surface area (Å²) in [6.45, 7) is 0.473. The van der Waals surface area contributed by atoms with Crippen LogP contribution >= 0.6 is 12.4 Å². The average molecular weight is 460 g/mol. The minimum atomic E-state index is -1.12. The zero-order valence-corrected chi connectivity index (χ0v) is 18.9. The van der Waals surface area contributed by atoms with E-state index < -0.39 is 23.8 Å². The van der Waals surface area contributed by atoms with Crippen LogP contribution in [0.25, 0.3) is 11.1 Å². The summed E-state index contributed by atoms with van der Waals surface area (Å²) in [4.78, 5) is 29.1. The van der Waals surface area contributed by atoms with Gasteiger partial charge in [0.2, 0.25) is 0 Å². The molecule has 2 atom stereocenters. The number of nitrogens with zero attached hydrogens (tertiary/aromatic N) is 1. The number of esters is 1. The normalized spacial score (nSPS) is 13.2. The van der Waals surface area contributed by atoms with Crippen molar-refractivity contribution in [2.75, 3.05) is 13.6 Å². The number of rotatable bonds is 10. The molecule has 2 aromatic rings. The number of carbonyl (C=O) groups is 2. The third-order valence-corrected chi connectivity index (χ3v) is 5.46. The standard InChI is InChI=1S/C23H29N5O3.ClH/c1-27-20(21(29)19(24)10-5-11-28-23(25)26)22(30)31-13-15-7-4-9-17-16-8-3-2-6-14(16)12-18(15)17;/h2-4,6-9,19-20,27H,5,10-13,24H2,1H3,(H4,25,26,28);1H/t19-,20?;/m0./s1. The highest BCUT2D eigenvalue weighted by Crippen LogP contribution is 2.38. The van der Waals surface area contributed by atoms with Crippen LogP contribution in [0, 0.1) is 0 Å². The van der Waals surface area contributed by atoms with Crippen molar-refractivity contribution in [3.8, 4) is 11.1 Å². The molecule has 1 aliphatic rings. The van der Waals surface area contributed by atoms with Crippen LogP contribution in [-0.2, 0) is 27.4 Å². The van der Waals surface area contributed by atoms with Crippen molar-refractivity contribution in [1.29, 1.82) is 0 Å². The van der Waals surface area contributed by atoms with E-state index in [4.69, 9.17) is 21.9 Å². The third kappa shape index (κ3) is 5.85. The first-order valence-corrected chi connectivity index (χ1v) is 10.3. The Morgan fingerprint density at radius 3 is 2.56 bits per heavy atom. The number of benzene rings is 2. The number of ether oxygens (including phenoxy) is 1. The molecule has 0 heterocycles. The lowest BCUT2D eigenvalue weighted by atomic mass is 10.0. The molecule has 7 N–H and O–H groups in total. The highest BCUT2D eigenvalue weighted by Gasteiger charge is 2.31. The topological polar surface area (TPSA) is 146 Å². The van der Waals surface area contributed by atoms with Gasteiger partial charge in [0.05, 0.1) is 6.04 Å². The number of Topliss-reactive ketones (excluding diaryl/α,β-unsaturated/α-hetero) is 1. The molecule has 0 bridgehead atoms. The maximum Gasteiger partial charge on any atom is 0.331 e. The molecule has 3 rings (SSSR count). The van der Waals surface area contributed by atoms with Gasteiger partial charge in [-0.25, -0.2) is 4.79 Å². The first-order valence-electron chi connectivity index (χ1n) is 10.3. The van der Waals surface area contributed by atoms with Crippen LogP contribution in [0.5, 0.6) is 0 Å². The molecule has 0 spiro atoms. The lowest BCUT2D eigenvalue weighted by Gasteiger charge is -2.18. The van der Waals surface area contributed by atoms with E-state index in [0.717, 1.165) is 23.1 Å². The highest BCUT2D eigenvalue weighted by molar-refractivity contribution is 6.05. The van der Waals surface area contributed by atoms with Gasteiger partial charge in [0.25, 0.3) is 0 Å². The Morgan fingerprint density at radius 1 is 1.12 bits per heavy atom. The second kappa shape index (κ2) is 11.6. The van der Waals surface area contributed by atoms with Crippen LogP contribution in [0.1, 0.15) is 29.5 Å². The van der Waals surface area contributed by atoms with E-state index in [-0.39, 0.29) is 25.0 Å². The molecule has 8 nitrogen and oxygen atoms in total. The number of carbonyl (C=O) groups excluding carboxylic acids is 2. The Balaban J connectivity index is 0.00000363. The molecule has 0 saturated carbocycles. The van der Waals surface area contributed by atoms with Crippen molar-refractivity contribution in [2.24, 2.45) is 22.2 Å². The Labute approximate surface area is 194 Å². The van der Waals surface area contributed by atoms with Crippen LogP contribution in [0.15, 0.2) is 47.5 Å². The number of hydrogen-bond donors (Lipinski definition) is 4. The van der Waals surface area contributed by atoms with E-state index >= 15 is 0 Å². The summed E-state index contributed by atoms with van der Waals surface area (Å²) in [5, 5.41) is 2.72. The first kappa shape index (κ1) is 25.3. The van der Waals surface area contributed by atoms with Crippen LogP contribution in [0.2, 0.25) is 0 Å². The van der Waals surface area contributed by atoms with Crippen LogP contribution < -0.4 is 22.5 Å². The fraction of sp³-hybridized carbons (Fsp3) is 0.348. The molecule has 0 fully saturated rings. The van der Waals surface area contributed by atoms with Crippen molar-refractivity contribution < 1.29 is 14.3 Å². The summed E-state index contributed by atoms with van der Waals surface area (Å²) in [5.41, 5.74) is 22.2. The molecule has 1 unspecified atom stereocenters. The molecular weight excluding hydrogens is 430 g/mol. The van der Waals surface area contributed by atoms with Crippen LogP contribution in [-0.4, -0.2) is 43.4 Å². The van der Waals surface area contributed by atoms with Gasteiger partial charge in [-0.15, -0.1) is 12.4 Å². The second-order valence-electron chi connectivity index (χ2n) is 7.56. The summed E-state index contributed by atoms with van der Waals surface area (Å²) in [5.74, 6) is -1.06. The van der Waals surface area contributed by atoms with Gasteiger partial charge in [-0.1, -0.05) is 42.5 Å². The number of aliphatic imine (C=N–C) groups is 1.